The molecule has 2 aromatic rings. The predicted octanol–water partition coefficient (Wildman–Crippen LogP) is 2.95. The van der Waals surface area contributed by atoms with Gasteiger partial charge in [0.15, 0.2) is 5.16 Å². The fraction of sp³-hybridized carbons (Fsp3) is 0.450. The van der Waals surface area contributed by atoms with E-state index in [9.17, 15) is 9.59 Å². The first kappa shape index (κ1) is 19.5. The number of nitrogens with zero attached hydrogens (tertiary/aromatic N) is 3. The van der Waals surface area contributed by atoms with Gasteiger partial charge in [0.2, 0.25) is 11.8 Å². The lowest BCUT2D eigenvalue weighted by molar-refractivity contribution is -0.138. The predicted molar refractivity (Wildman–Crippen MR) is 107 cm³/mol. The van der Waals surface area contributed by atoms with E-state index in [4.69, 9.17) is 5.73 Å². The molecule has 0 spiro atoms. The minimum absolute atomic E-state index is 0.0600. The maximum absolute atomic E-state index is 12.7. The molecule has 6 nitrogen and oxygen atoms in total. The first-order chi connectivity index (χ1) is 13.0. The van der Waals surface area contributed by atoms with Crippen LogP contribution in [0.1, 0.15) is 44.6 Å². The molecule has 0 saturated carbocycles. The summed E-state index contributed by atoms with van der Waals surface area (Å²) in [7, 11) is 0. The molecule has 0 aliphatic carbocycles. The van der Waals surface area contributed by atoms with Crippen LogP contribution in [0.4, 0.5) is 0 Å². The Bertz CT molecular complexity index is 818. The highest BCUT2D eigenvalue weighted by Crippen LogP contribution is 2.28. The van der Waals surface area contributed by atoms with Gasteiger partial charge in [0.25, 0.3) is 0 Å². The Morgan fingerprint density at radius 2 is 2.07 bits per heavy atom. The van der Waals surface area contributed by atoms with Crippen molar-refractivity contribution in [1.29, 1.82) is 0 Å². The van der Waals surface area contributed by atoms with Crippen LogP contribution in [0.3, 0.4) is 0 Å². The molecule has 7 heteroatoms. The number of hydrogen-bond donors (Lipinski definition) is 1. The molecule has 2 heterocycles. The van der Waals surface area contributed by atoms with Gasteiger partial charge >= 0.3 is 0 Å². The van der Waals surface area contributed by atoms with Crippen molar-refractivity contribution in [2.24, 2.45) is 5.73 Å². The van der Waals surface area contributed by atoms with Gasteiger partial charge in [-0.15, -0.1) is 0 Å². The number of carbonyl (C=O) groups is 2. The lowest BCUT2D eigenvalue weighted by atomic mass is 10.0. The van der Waals surface area contributed by atoms with Crippen LogP contribution in [-0.4, -0.2) is 44.6 Å². The fourth-order valence-electron chi connectivity index (χ4n) is 3.51. The van der Waals surface area contributed by atoms with E-state index < -0.39 is 11.9 Å². The number of amides is 2. The highest BCUT2D eigenvalue weighted by atomic mass is 32.2. The largest absolute Gasteiger partial charge is 0.368 e. The lowest BCUT2D eigenvalue weighted by Gasteiger charge is -2.33. The fourth-order valence-corrected chi connectivity index (χ4v) is 4.36. The maximum Gasteiger partial charge on any atom is 0.240 e. The summed E-state index contributed by atoms with van der Waals surface area (Å²) in [6.07, 6.45) is 6.16. The number of imidazole rings is 1. The average molecular weight is 387 g/mol. The third kappa shape index (κ3) is 4.35. The van der Waals surface area contributed by atoms with E-state index in [-0.39, 0.29) is 11.7 Å². The zero-order valence-electron chi connectivity index (χ0n) is 15.8. The van der Waals surface area contributed by atoms with Crippen molar-refractivity contribution in [2.45, 2.75) is 50.2 Å². The molecule has 2 N–H and O–H groups in total. The minimum Gasteiger partial charge on any atom is -0.368 e. The zero-order chi connectivity index (χ0) is 19.4. The second-order valence-electron chi connectivity index (χ2n) is 7.08. The van der Waals surface area contributed by atoms with Crippen LogP contribution in [0, 0.1) is 0 Å². The van der Waals surface area contributed by atoms with Gasteiger partial charge in [0.05, 0.1) is 11.4 Å². The molecule has 3 rings (SSSR count). The molecule has 27 heavy (non-hydrogen) atoms. The molecular formula is C20H26N4O2S. The number of para-hydroxylation sites is 1. The van der Waals surface area contributed by atoms with Crippen LogP contribution >= 0.6 is 11.8 Å². The number of rotatable bonds is 6. The second kappa shape index (κ2) is 8.61. The summed E-state index contributed by atoms with van der Waals surface area (Å²) in [6.45, 7) is 4.91. The van der Waals surface area contributed by atoms with Gasteiger partial charge in [0.1, 0.15) is 6.04 Å². The first-order valence-corrected chi connectivity index (χ1v) is 10.3. The summed E-state index contributed by atoms with van der Waals surface area (Å²) < 4.78 is 2.02. The number of piperidine rings is 1. The lowest BCUT2D eigenvalue weighted by Crippen LogP contribution is -2.51. The quantitative estimate of drug-likeness (QED) is 0.774. The van der Waals surface area contributed by atoms with Crippen molar-refractivity contribution in [2.75, 3.05) is 12.3 Å². The third-order valence-corrected chi connectivity index (χ3v) is 5.85. The van der Waals surface area contributed by atoms with Gasteiger partial charge in [-0.1, -0.05) is 43.8 Å². The van der Waals surface area contributed by atoms with Crippen LogP contribution in [0.2, 0.25) is 0 Å². The van der Waals surface area contributed by atoms with Gasteiger partial charge in [-0.2, -0.15) is 0 Å². The minimum atomic E-state index is -0.478. The molecule has 1 aromatic carbocycles. The van der Waals surface area contributed by atoms with Gasteiger partial charge in [0, 0.05) is 18.9 Å². The second-order valence-corrected chi connectivity index (χ2v) is 8.03. The summed E-state index contributed by atoms with van der Waals surface area (Å²) in [5.41, 5.74) is 7.78. The highest BCUT2D eigenvalue weighted by Gasteiger charge is 2.30. The topological polar surface area (TPSA) is 81.2 Å². The molecule has 2 amide bonds. The van der Waals surface area contributed by atoms with E-state index >= 15 is 0 Å². The van der Waals surface area contributed by atoms with Gasteiger partial charge in [-0.05, 0) is 36.8 Å². The van der Waals surface area contributed by atoms with E-state index in [0.717, 1.165) is 23.7 Å². The van der Waals surface area contributed by atoms with Gasteiger partial charge in [-0.25, -0.2) is 4.98 Å². The Balaban J connectivity index is 1.74. The Kier molecular flexibility index (Phi) is 6.21. The molecular weight excluding hydrogens is 360 g/mol. The first-order valence-electron chi connectivity index (χ1n) is 9.33. The molecule has 1 unspecified atom stereocenters. The van der Waals surface area contributed by atoms with Gasteiger partial charge in [-0.3, -0.25) is 14.2 Å². The summed E-state index contributed by atoms with van der Waals surface area (Å²) >= 11 is 1.39. The number of likely N-dealkylation sites (tertiary alicyclic amines) is 1. The number of primary amides is 1. The number of hydrogen-bond acceptors (Lipinski definition) is 4. The number of carbonyl (C=O) groups excluding carboxylic acids is 2. The molecule has 0 radical (unpaired) electrons. The molecule has 1 aliphatic heterocycles. The normalized spacial score (nSPS) is 17.3. The van der Waals surface area contributed by atoms with Crippen molar-refractivity contribution < 1.29 is 9.59 Å². The Morgan fingerprint density at radius 1 is 1.30 bits per heavy atom. The van der Waals surface area contributed by atoms with E-state index in [1.807, 2.05) is 22.9 Å². The molecule has 1 aromatic heterocycles. The van der Waals surface area contributed by atoms with E-state index in [0.29, 0.717) is 18.9 Å². The van der Waals surface area contributed by atoms with Crippen LogP contribution in [0.5, 0.6) is 0 Å². The number of benzene rings is 1. The molecule has 144 valence electrons. The zero-order valence-corrected chi connectivity index (χ0v) is 16.6. The van der Waals surface area contributed by atoms with Gasteiger partial charge < -0.3 is 10.6 Å². The highest BCUT2D eigenvalue weighted by molar-refractivity contribution is 7.99. The molecule has 1 fully saturated rings. The molecule has 1 saturated heterocycles. The number of aromatic nitrogens is 2. The van der Waals surface area contributed by atoms with E-state index in [1.54, 1.807) is 11.1 Å². The van der Waals surface area contributed by atoms with Crippen LogP contribution in [-0.2, 0) is 9.59 Å². The summed E-state index contributed by atoms with van der Waals surface area (Å²) in [5.74, 6) is 0.147. The monoisotopic (exact) mass is 386 g/mol. The smallest absolute Gasteiger partial charge is 0.240 e. The molecule has 1 atom stereocenters. The summed E-state index contributed by atoms with van der Waals surface area (Å²) in [4.78, 5) is 30.4. The Hall–Kier alpha value is -2.28. The molecule has 1 aliphatic rings. The van der Waals surface area contributed by atoms with Crippen LogP contribution < -0.4 is 5.73 Å². The van der Waals surface area contributed by atoms with Crippen LogP contribution in [0.25, 0.3) is 5.69 Å². The number of thioether (sulfide) groups is 1. The summed E-state index contributed by atoms with van der Waals surface area (Å²) in [6, 6.07) is 7.74. The summed E-state index contributed by atoms with van der Waals surface area (Å²) in [5, 5.41) is 0.768. The standard InChI is InChI=1S/C20H26N4O2S/c1-14(2)15-7-3-4-8-16(15)24-12-10-22-20(24)27-13-18(25)23-11-6-5-9-17(23)19(21)26/h3-4,7-8,10,12,14,17H,5-6,9,11,13H2,1-2H3,(H2,21,26). The average Bonchev–Trinajstić information content (AvgIpc) is 3.14. The number of nitrogens with two attached hydrogens (primary N) is 1. The SMILES string of the molecule is CC(C)c1ccccc1-n1ccnc1SCC(=O)N1CCCCC1C(N)=O. The van der Waals surface area contributed by atoms with Crippen molar-refractivity contribution in [3.63, 3.8) is 0 Å². The van der Waals surface area contributed by atoms with Crippen LogP contribution in [0.15, 0.2) is 41.8 Å². The van der Waals surface area contributed by atoms with Crippen molar-refractivity contribution in [3.8, 4) is 5.69 Å². The molecule has 0 bridgehead atoms. The Morgan fingerprint density at radius 3 is 2.81 bits per heavy atom. The van der Waals surface area contributed by atoms with E-state index in [1.165, 1.54) is 17.3 Å². The Labute approximate surface area is 164 Å². The van der Waals surface area contributed by atoms with Crippen molar-refractivity contribution in [3.05, 3.63) is 42.2 Å². The maximum atomic E-state index is 12.7. The third-order valence-electron chi connectivity index (χ3n) is 4.90. The van der Waals surface area contributed by atoms with Crippen molar-refractivity contribution >= 4 is 23.6 Å². The van der Waals surface area contributed by atoms with Crippen molar-refractivity contribution in [1.82, 2.24) is 14.5 Å². The van der Waals surface area contributed by atoms with E-state index in [2.05, 4.69) is 31.0 Å².